The Bertz CT molecular complexity index is 745. The van der Waals surface area contributed by atoms with E-state index in [1.54, 1.807) is 6.08 Å². The lowest BCUT2D eigenvalue weighted by Gasteiger charge is -2.58. The maximum Gasteiger partial charge on any atom is 0.303 e. The molecule has 5 nitrogen and oxygen atoms in total. The number of fused-ring (bicyclic) bond motifs is 5. The summed E-state index contributed by atoms with van der Waals surface area (Å²) >= 11 is 0. The maximum atomic E-state index is 16.5. The number of aliphatic hydroxyl groups excluding tert-OH is 1. The minimum absolute atomic E-state index is 0.0198. The van der Waals surface area contributed by atoms with Crippen LogP contribution in [0.3, 0.4) is 0 Å². The lowest BCUT2D eigenvalue weighted by atomic mass is 9.48. The molecule has 4 rings (SSSR count). The second kappa shape index (κ2) is 6.75. The highest BCUT2D eigenvalue weighted by atomic mass is 19.1. The number of esters is 1. The summed E-state index contributed by atoms with van der Waals surface area (Å²) in [6, 6.07) is 0. The Kier molecular flexibility index (Phi) is 4.76. The van der Waals surface area contributed by atoms with Crippen molar-refractivity contribution < 1.29 is 28.6 Å². The Morgan fingerprint density at radius 2 is 1.96 bits per heavy atom. The van der Waals surface area contributed by atoms with E-state index in [0.29, 0.717) is 32.1 Å². The minimum Gasteiger partial charge on any atom is -0.458 e. The van der Waals surface area contributed by atoms with Crippen molar-refractivity contribution in [2.24, 2.45) is 29.1 Å². The van der Waals surface area contributed by atoms with Crippen molar-refractivity contribution in [1.82, 2.24) is 0 Å². The van der Waals surface area contributed by atoms with Gasteiger partial charge in [-0.15, -0.1) is 0 Å². The molecule has 0 radical (unpaired) electrons. The number of Topliss-reactive ketones (excluding diaryl/α,β-unsaturated/α-hetero) is 1. The molecule has 6 heteroatoms. The number of hydrogen-bond donors (Lipinski definition) is 1. The molecule has 1 N–H and O–H groups in total. The van der Waals surface area contributed by atoms with Crippen molar-refractivity contribution in [1.29, 1.82) is 0 Å². The average Bonchev–Trinajstić information content (AvgIpc) is 2.96. The number of allylic oxidation sites excluding steroid dienone is 1. The topological polar surface area (TPSA) is 80.7 Å². The number of hydrogen-bond acceptors (Lipinski definition) is 5. The van der Waals surface area contributed by atoms with Crippen LogP contribution in [0.4, 0.5) is 4.39 Å². The number of carbonyl (C=O) groups is 3. The third-order valence-electron chi connectivity index (χ3n) is 8.17. The summed E-state index contributed by atoms with van der Waals surface area (Å²) in [4.78, 5) is 35.6. The standard InChI is InChI=1S/C22H29FO5/c1-12(24)28-11-19(26)18-8-7-16-17-5-3-13-9-14(25)4-6-15(13)22(17,23)20(27)10-21(16,18)2/h9,15-18,20,27H,3-8,10-11H2,1-2H3/t15-,16-,17-,18+,20+,21-,22-/m0/s1. The predicted molar refractivity (Wildman–Crippen MR) is 99.0 cm³/mol. The highest BCUT2D eigenvalue weighted by Gasteiger charge is 2.67. The first-order valence-electron chi connectivity index (χ1n) is 10.4. The molecule has 7 atom stereocenters. The third kappa shape index (κ3) is 2.78. The van der Waals surface area contributed by atoms with Crippen LogP contribution in [-0.2, 0) is 19.1 Å². The van der Waals surface area contributed by atoms with Crippen molar-refractivity contribution in [3.63, 3.8) is 0 Å². The monoisotopic (exact) mass is 392 g/mol. The van der Waals surface area contributed by atoms with E-state index < -0.39 is 23.2 Å². The van der Waals surface area contributed by atoms with Gasteiger partial charge in [0.05, 0.1) is 6.10 Å². The molecule has 154 valence electrons. The van der Waals surface area contributed by atoms with Crippen LogP contribution in [0.25, 0.3) is 0 Å². The van der Waals surface area contributed by atoms with Crippen molar-refractivity contribution in [2.75, 3.05) is 6.61 Å². The van der Waals surface area contributed by atoms with Gasteiger partial charge in [0.1, 0.15) is 12.3 Å². The summed E-state index contributed by atoms with van der Waals surface area (Å²) in [5, 5.41) is 11.0. The van der Waals surface area contributed by atoms with Gasteiger partial charge >= 0.3 is 5.97 Å². The quantitative estimate of drug-likeness (QED) is 0.747. The number of ether oxygens (including phenoxy) is 1. The highest BCUT2D eigenvalue weighted by Crippen LogP contribution is 2.66. The van der Waals surface area contributed by atoms with Crippen LogP contribution in [0.5, 0.6) is 0 Å². The van der Waals surface area contributed by atoms with Gasteiger partial charge in [0.25, 0.3) is 0 Å². The van der Waals surface area contributed by atoms with Gasteiger partial charge in [-0.2, -0.15) is 0 Å². The molecular weight excluding hydrogens is 363 g/mol. The molecule has 0 bridgehead atoms. The smallest absolute Gasteiger partial charge is 0.303 e. The number of carbonyl (C=O) groups excluding carboxylic acids is 3. The first-order chi connectivity index (χ1) is 13.2. The van der Waals surface area contributed by atoms with E-state index in [4.69, 9.17) is 4.74 Å². The second-order valence-electron chi connectivity index (χ2n) is 9.46. The fourth-order valence-corrected chi connectivity index (χ4v) is 6.99. The molecule has 0 heterocycles. The highest BCUT2D eigenvalue weighted by molar-refractivity contribution is 5.91. The van der Waals surface area contributed by atoms with E-state index in [9.17, 15) is 19.5 Å². The molecule has 0 aliphatic heterocycles. The molecule has 0 spiro atoms. The van der Waals surface area contributed by atoms with Crippen LogP contribution in [0.1, 0.15) is 58.8 Å². The Balaban J connectivity index is 1.62. The van der Waals surface area contributed by atoms with Crippen LogP contribution in [-0.4, -0.2) is 41.0 Å². The Morgan fingerprint density at radius 3 is 2.68 bits per heavy atom. The van der Waals surface area contributed by atoms with E-state index in [-0.39, 0.29) is 48.3 Å². The van der Waals surface area contributed by atoms with Crippen LogP contribution in [0, 0.1) is 29.1 Å². The zero-order chi connectivity index (χ0) is 20.3. The van der Waals surface area contributed by atoms with E-state index in [1.165, 1.54) is 6.92 Å². The van der Waals surface area contributed by atoms with Gasteiger partial charge in [-0.25, -0.2) is 4.39 Å². The van der Waals surface area contributed by atoms with Gasteiger partial charge in [-0.1, -0.05) is 12.5 Å². The SMILES string of the molecule is CC(=O)OCC(=O)[C@H]1CC[C@H]2[C@@H]3CCC4=CC(=O)CC[C@@H]4[C@@]3(F)[C@H](O)C[C@]12C. The molecular formula is C22H29FO5. The normalized spacial score (nSPS) is 44.8. The van der Waals surface area contributed by atoms with Crippen LogP contribution in [0.2, 0.25) is 0 Å². The lowest BCUT2D eigenvalue weighted by Crippen LogP contribution is -2.63. The third-order valence-corrected chi connectivity index (χ3v) is 8.17. The first-order valence-corrected chi connectivity index (χ1v) is 10.4. The molecule has 3 saturated carbocycles. The first kappa shape index (κ1) is 19.7. The molecule has 0 aromatic carbocycles. The van der Waals surface area contributed by atoms with Gasteiger partial charge in [-0.05, 0) is 61.9 Å². The molecule has 0 aromatic heterocycles. The summed E-state index contributed by atoms with van der Waals surface area (Å²) in [6.07, 6.45) is 4.19. The lowest BCUT2D eigenvalue weighted by molar-refractivity contribution is -0.184. The summed E-state index contributed by atoms with van der Waals surface area (Å²) in [5.41, 5.74) is -1.34. The summed E-state index contributed by atoms with van der Waals surface area (Å²) in [7, 11) is 0. The average molecular weight is 392 g/mol. The van der Waals surface area contributed by atoms with Gasteiger partial charge < -0.3 is 9.84 Å². The molecule has 0 amide bonds. The van der Waals surface area contributed by atoms with E-state index >= 15 is 4.39 Å². The summed E-state index contributed by atoms with van der Waals surface area (Å²) in [6.45, 7) is 3.03. The van der Waals surface area contributed by atoms with Crippen molar-refractivity contribution >= 4 is 17.5 Å². The van der Waals surface area contributed by atoms with E-state index in [2.05, 4.69) is 0 Å². The Morgan fingerprint density at radius 1 is 1.21 bits per heavy atom. The van der Waals surface area contributed by atoms with Crippen LogP contribution in [0.15, 0.2) is 11.6 Å². The van der Waals surface area contributed by atoms with Gasteiger partial charge in [0.2, 0.25) is 0 Å². The van der Waals surface area contributed by atoms with Crippen LogP contribution >= 0.6 is 0 Å². The number of aliphatic hydroxyl groups is 1. The van der Waals surface area contributed by atoms with Crippen molar-refractivity contribution in [3.8, 4) is 0 Å². The molecule has 0 aromatic rings. The maximum absolute atomic E-state index is 16.5. The molecule has 3 fully saturated rings. The zero-order valence-corrected chi connectivity index (χ0v) is 16.6. The fourth-order valence-electron chi connectivity index (χ4n) is 6.99. The number of alkyl halides is 1. The second-order valence-corrected chi connectivity index (χ2v) is 9.46. The Hall–Kier alpha value is -1.56. The van der Waals surface area contributed by atoms with Gasteiger partial charge in [0.15, 0.2) is 11.6 Å². The molecule has 4 aliphatic rings. The molecule has 0 unspecified atom stereocenters. The minimum atomic E-state index is -1.72. The summed E-state index contributed by atoms with van der Waals surface area (Å²) in [5.74, 6) is -1.55. The van der Waals surface area contributed by atoms with Gasteiger partial charge in [0, 0.05) is 25.2 Å². The van der Waals surface area contributed by atoms with Crippen molar-refractivity contribution in [3.05, 3.63) is 11.6 Å². The fraction of sp³-hybridized carbons (Fsp3) is 0.773. The van der Waals surface area contributed by atoms with E-state index in [0.717, 1.165) is 12.0 Å². The largest absolute Gasteiger partial charge is 0.458 e. The van der Waals surface area contributed by atoms with Gasteiger partial charge in [-0.3, -0.25) is 14.4 Å². The predicted octanol–water partition coefficient (Wildman–Crippen LogP) is 2.94. The Labute approximate surface area is 164 Å². The van der Waals surface area contributed by atoms with Crippen molar-refractivity contribution in [2.45, 2.75) is 70.6 Å². The summed E-state index contributed by atoms with van der Waals surface area (Å²) < 4.78 is 21.4. The molecule has 0 saturated heterocycles. The number of halogens is 1. The van der Waals surface area contributed by atoms with E-state index in [1.807, 2.05) is 6.92 Å². The molecule has 28 heavy (non-hydrogen) atoms. The molecule has 4 aliphatic carbocycles. The zero-order valence-electron chi connectivity index (χ0n) is 16.6. The number of ketones is 2. The number of rotatable bonds is 3. The van der Waals surface area contributed by atoms with Crippen LogP contribution < -0.4 is 0 Å².